The molecule has 3 aromatic rings. The van der Waals surface area contributed by atoms with Gasteiger partial charge in [0.05, 0.1) is 12.5 Å². The van der Waals surface area contributed by atoms with E-state index in [0.717, 1.165) is 10.0 Å². The zero-order valence-corrected chi connectivity index (χ0v) is 14.0. The summed E-state index contributed by atoms with van der Waals surface area (Å²) >= 11 is 3.38. The van der Waals surface area contributed by atoms with Crippen LogP contribution in [0.4, 0.5) is 0 Å². The largest absolute Gasteiger partial charge is 0.463 e. The van der Waals surface area contributed by atoms with Crippen LogP contribution in [0.1, 0.15) is 16.1 Å². The van der Waals surface area contributed by atoms with E-state index in [1.165, 1.54) is 6.21 Å². The molecular weight excluding hydrogens is 372 g/mol. The number of rotatable bonds is 5. The van der Waals surface area contributed by atoms with Crippen LogP contribution in [0.5, 0.6) is 0 Å². The maximum atomic E-state index is 12.0. The molecule has 0 aliphatic carbocycles. The summed E-state index contributed by atoms with van der Waals surface area (Å²) in [5.74, 6) is 0.193. The Kier molecular flexibility index (Phi) is 5.02. The predicted octanol–water partition coefficient (Wildman–Crippen LogP) is 3.82. The Morgan fingerprint density at radius 1 is 1.25 bits per heavy atom. The first kappa shape index (κ1) is 15.9. The van der Waals surface area contributed by atoms with Crippen molar-refractivity contribution in [2.24, 2.45) is 5.10 Å². The molecule has 2 heterocycles. The number of hydrogen-bond donors (Lipinski definition) is 2. The van der Waals surface area contributed by atoms with E-state index in [1.807, 2.05) is 36.4 Å². The number of carbonyl (C=O) groups excluding carboxylic acids is 1. The van der Waals surface area contributed by atoms with Gasteiger partial charge in [0.1, 0.15) is 5.69 Å². The van der Waals surface area contributed by atoms with Crippen LogP contribution >= 0.6 is 15.9 Å². The van der Waals surface area contributed by atoms with Crippen molar-refractivity contribution >= 4 is 34.1 Å². The summed E-state index contributed by atoms with van der Waals surface area (Å²) in [6.07, 6.45) is 4.95. The lowest BCUT2D eigenvalue weighted by molar-refractivity contribution is 0.0950. The molecule has 0 atom stereocenters. The normalized spacial score (nSPS) is 11.8. The Hall–Kier alpha value is -2.93. The van der Waals surface area contributed by atoms with Gasteiger partial charge in [-0.3, -0.25) is 9.89 Å². The van der Waals surface area contributed by atoms with Gasteiger partial charge in [-0.15, -0.1) is 0 Å². The fourth-order valence-corrected chi connectivity index (χ4v) is 2.32. The summed E-state index contributed by atoms with van der Waals surface area (Å²) in [6.45, 7) is 0. The molecule has 3 rings (SSSR count). The second-order valence-electron chi connectivity index (χ2n) is 4.78. The van der Waals surface area contributed by atoms with Gasteiger partial charge in [-0.2, -0.15) is 10.2 Å². The highest BCUT2D eigenvalue weighted by Crippen LogP contribution is 2.17. The fourth-order valence-electron chi connectivity index (χ4n) is 1.95. The number of nitrogens with one attached hydrogen (secondary N) is 2. The molecule has 1 amide bonds. The summed E-state index contributed by atoms with van der Waals surface area (Å²) in [6, 6.07) is 14.9. The quantitative estimate of drug-likeness (QED) is 0.517. The van der Waals surface area contributed by atoms with Gasteiger partial charge in [0.15, 0.2) is 11.5 Å². The number of amides is 1. The zero-order chi connectivity index (χ0) is 16.8. The van der Waals surface area contributed by atoms with E-state index in [-0.39, 0.29) is 5.69 Å². The Balaban J connectivity index is 1.60. The average Bonchev–Trinajstić information content (AvgIpc) is 3.27. The lowest BCUT2D eigenvalue weighted by atomic mass is 10.2. The van der Waals surface area contributed by atoms with Crippen LogP contribution < -0.4 is 5.43 Å². The van der Waals surface area contributed by atoms with Crippen molar-refractivity contribution in [3.63, 3.8) is 0 Å². The van der Waals surface area contributed by atoms with Crippen molar-refractivity contribution in [2.45, 2.75) is 0 Å². The van der Waals surface area contributed by atoms with Gasteiger partial charge in [-0.1, -0.05) is 30.3 Å². The van der Waals surface area contributed by atoms with Crippen LogP contribution in [-0.2, 0) is 0 Å². The molecule has 24 heavy (non-hydrogen) atoms. The maximum Gasteiger partial charge on any atom is 0.291 e. The molecule has 2 N–H and O–H groups in total. The van der Waals surface area contributed by atoms with Crippen LogP contribution in [-0.4, -0.2) is 22.3 Å². The van der Waals surface area contributed by atoms with Crippen molar-refractivity contribution in [1.82, 2.24) is 15.6 Å². The van der Waals surface area contributed by atoms with Gasteiger partial charge in [-0.25, -0.2) is 5.43 Å². The van der Waals surface area contributed by atoms with Gasteiger partial charge in [0.25, 0.3) is 5.91 Å². The predicted molar refractivity (Wildman–Crippen MR) is 95.6 cm³/mol. The number of aromatic nitrogens is 2. The lowest BCUT2D eigenvalue weighted by Gasteiger charge is -1.95. The van der Waals surface area contributed by atoms with Crippen molar-refractivity contribution in [3.8, 4) is 11.5 Å². The highest BCUT2D eigenvalue weighted by molar-refractivity contribution is 9.12. The molecule has 0 aliphatic heterocycles. The molecule has 0 aliphatic rings. The topological polar surface area (TPSA) is 83.3 Å². The maximum absolute atomic E-state index is 12.0. The van der Waals surface area contributed by atoms with Crippen molar-refractivity contribution in [2.75, 3.05) is 0 Å². The molecule has 0 fully saturated rings. The highest BCUT2D eigenvalue weighted by atomic mass is 79.9. The van der Waals surface area contributed by atoms with Crippen molar-refractivity contribution < 1.29 is 9.21 Å². The van der Waals surface area contributed by atoms with E-state index >= 15 is 0 Å². The van der Waals surface area contributed by atoms with Crippen molar-refractivity contribution in [3.05, 3.63) is 70.5 Å². The number of hydrogen-bond acceptors (Lipinski definition) is 4. The number of hydrazone groups is 1. The average molecular weight is 385 g/mol. The lowest BCUT2D eigenvalue weighted by Crippen LogP contribution is -2.17. The third-order valence-corrected chi connectivity index (χ3v) is 3.49. The van der Waals surface area contributed by atoms with E-state index < -0.39 is 5.91 Å². The number of H-pyrrole nitrogens is 1. The van der Waals surface area contributed by atoms with E-state index in [1.54, 1.807) is 24.5 Å². The molecule has 0 unspecified atom stereocenters. The van der Waals surface area contributed by atoms with Crippen LogP contribution in [0.25, 0.3) is 17.5 Å². The number of allylic oxidation sites excluding steroid dienone is 1. The second kappa shape index (κ2) is 7.56. The molecule has 120 valence electrons. The Bertz CT molecular complexity index is 867. The molecule has 0 saturated heterocycles. The molecule has 0 bridgehead atoms. The van der Waals surface area contributed by atoms with Gasteiger partial charge in [0, 0.05) is 10.5 Å². The third-order valence-electron chi connectivity index (χ3n) is 3.06. The molecular formula is C17H13BrN4O2. The second-order valence-corrected chi connectivity index (χ2v) is 5.70. The summed E-state index contributed by atoms with van der Waals surface area (Å²) in [5, 5.41) is 10.6. The number of furan rings is 1. The van der Waals surface area contributed by atoms with Gasteiger partial charge in [0.2, 0.25) is 0 Å². The summed E-state index contributed by atoms with van der Waals surface area (Å²) in [4.78, 5) is 12.0. The molecule has 0 radical (unpaired) electrons. The smallest absolute Gasteiger partial charge is 0.291 e. The minimum atomic E-state index is -0.416. The summed E-state index contributed by atoms with van der Waals surface area (Å²) < 4.78 is 5.96. The Morgan fingerprint density at radius 2 is 2.08 bits per heavy atom. The molecule has 0 spiro atoms. The number of nitrogens with zero attached hydrogens (tertiary/aromatic N) is 2. The first-order valence-electron chi connectivity index (χ1n) is 7.07. The van der Waals surface area contributed by atoms with Crippen LogP contribution in [0.2, 0.25) is 0 Å². The minimum absolute atomic E-state index is 0.224. The monoisotopic (exact) mass is 384 g/mol. The summed E-state index contributed by atoms with van der Waals surface area (Å²) in [7, 11) is 0. The zero-order valence-electron chi connectivity index (χ0n) is 12.4. The molecule has 0 saturated carbocycles. The van der Waals surface area contributed by atoms with Gasteiger partial charge in [-0.05, 0) is 39.7 Å². The number of aromatic amines is 1. The SMILES string of the molecule is O=C(N/N=C/C(Br)=C/c1ccccc1)c1cc(-c2ccco2)[nH]n1. The van der Waals surface area contributed by atoms with Crippen molar-refractivity contribution in [1.29, 1.82) is 0 Å². The standard InChI is InChI=1S/C17H13BrN4O2/c18-13(9-12-5-2-1-3-6-12)11-19-22-17(23)15-10-14(20-21-15)16-7-4-8-24-16/h1-11H,(H,20,21)(H,22,23)/b13-9-,19-11+. The van der Waals surface area contributed by atoms with Crippen LogP contribution in [0, 0.1) is 0 Å². The van der Waals surface area contributed by atoms with E-state index in [4.69, 9.17) is 4.42 Å². The van der Waals surface area contributed by atoms with Gasteiger partial charge < -0.3 is 4.42 Å². The van der Waals surface area contributed by atoms with Crippen LogP contribution in [0.15, 0.2) is 68.8 Å². The summed E-state index contributed by atoms with van der Waals surface area (Å²) in [5.41, 5.74) is 4.29. The number of benzene rings is 1. The fraction of sp³-hybridized carbons (Fsp3) is 0. The molecule has 2 aromatic heterocycles. The highest BCUT2D eigenvalue weighted by Gasteiger charge is 2.11. The third kappa shape index (κ3) is 4.08. The number of halogens is 1. The first-order chi connectivity index (χ1) is 11.7. The van der Waals surface area contributed by atoms with Gasteiger partial charge >= 0.3 is 0 Å². The van der Waals surface area contributed by atoms with Crippen LogP contribution in [0.3, 0.4) is 0 Å². The Morgan fingerprint density at radius 3 is 2.83 bits per heavy atom. The Labute approximate surface area is 146 Å². The number of carbonyl (C=O) groups is 1. The molecule has 1 aromatic carbocycles. The first-order valence-corrected chi connectivity index (χ1v) is 7.86. The molecule has 6 nitrogen and oxygen atoms in total. The van der Waals surface area contributed by atoms with E-state index in [0.29, 0.717) is 11.5 Å². The minimum Gasteiger partial charge on any atom is -0.463 e. The van der Waals surface area contributed by atoms with E-state index in [9.17, 15) is 4.79 Å². The molecule has 7 heteroatoms. The van der Waals surface area contributed by atoms with E-state index in [2.05, 4.69) is 36.7 Å².